The van der Waals surface area contributed by atoms with E-state index in [-0.39, 0.29) is 16.9 Å². The highest BCUT2D eigenvalue weighted by atomic mass is 16.6. The number of nitro groups is 1. The van der Waals surface area contributed by atoms with Gasteiger partial charge >= 0.3 is 0 Å². The first-order valence-electron chi connectivity index (χ1n) is 4.56. The Bertz CT molecular complexity index is 325. The minimum Gasteiger partial charge on any atom is -0.282 e. The van der Waals surface area contributed by atoms with E-state index in [9.17, 15) is 10.1 Å². The van der Waals surface area contributed by atoms with Crippen molar-refractivity contribution in [2.45, 2.75) is 32.6 Å². The van der Waals surface area contributed by atoms with Gasteiger partial charge in [0.15, 0.2) is 0 Å². The summed E-state index contributed by atoms with van der Waals surface area (Å²) in [5.74, 6) is 0. The maximum Gasteiger partial charge on any atom is 0.208 e. The third-order valence-corrected chi connectivity index (χ3v) is 2.03. The van der Waals surface area contributed by atoms with Gasteiger partial charge in [-0.05, 0) is 0 Å². The molecule has 0 unspecified atom stereocenters. The molecule has 1 heterocycles. The molecule has 0 aliphatic carbocycles. The second-order valence-electron chi connectivity index (χ2n) is 4.33. The molecule has 0 saturated carbocycles. The van der Waals surface area contributed by atoms with Gasteiger partial charge in [0.05, 0.1) is 6.20 Å². The largest absolute Gasteiger partial charge is 0.282 e. The van der Waals surface area contributed by atoms with Crippen LogP contribution in [0.2, 0.25) is 0 Å². The number of hydrogen-bond acceptors (Lipinski definition) is 3. The molecule has 0 radical (unpaired) electrons. The summed E-state index contributed by atoms with van der Waals surface area (Å²) in [6.45, 7) is 6.12. The zero-order valence-electron chi connectivity index (χ0n) is 8.70. The molecule has 5 nitrogen and oxygen atoms in total. The number of H-pyrrole nitrogens is 1. The Hall–Kier alpha value is -1.39. The van der Waals surface area contributed by atoms with Crippen LogP contribution in [-0.2, 0) is 11.8 Å². The highest BCUT2D eigenvalue weighted by Crippen LogP contribution is 2.23. The van der Waals surface area contributed by atoms with E-state index in [1.54, 1.807) is 6.20 Å². The van der Waals surface area contributed by atoms with Gasteiger partial charge in [-0.1, -0.05) is 20.8 Å². The van der Waals surface area contributed by atoms with Gasteiger partial charge < -0.3 is 0 Å². The first kappa shape index (κ1) is 10.7. The predicted molar refractivity (Wildman–Crippen MR) is 52.9 cm³/mol. The Kier molecular flexibility index (Phi) is 2.88. The van der Waals surface area contributed by atoms with Crippen LogP contribution < -0.4 is 0 Å². The lowest BCUT2D eigenvalue weighted by molar-refractivity contribution is -0.479. The molecule has 0 fully saturated rings. The molecule has 1 rings (SSSR count). The molecular formula is C9H15N3O2. The molecule has 0 aliphatic rings. The molecule has 1 N–H and O–H groups in total. The van der Waals surface area contributed by atoms with E-state index in [2.05, 4.69) is 31.0 Å². The maximum absolute atomic E-state index is 10.2. The Balaban J connectivity index is 2.78. The minimum absolute atomic E-state index is 0.0391. The van der Waals surface area contributed by atoms with Crippen molar-refractivity contribution in [3.05, 3.63) is 27.6 Å². The number of nitrogens with one attached hydrogen (secondary N) is 1. The average Bonchev–Trinajstić information content (AvgIpc) is 2.46. The van der Waals surface area contributed by atoms with Crippen LogP contribution in [0.4, 0.5) is 0 Å². The molecule has 0 bridgehead atoms. The lowest BCUT2D eigenvalue weighted by Crippen LogP contribution is -2.15. The van der Waals surface area contributed by atoms with E-state index in [1.807, 2.05) is 0 Å². The molecule has 5 heteroatoms. The van der Waals surface area contributed by atoms with Crippen LogP contribution in [0.15, 0.2) is 6.20 Å². The van der Waals surface area contributed by atoms with Gasteiger partial charge in [0.2, 0.25) is 6.54 Å². The minimum atomic E-state index is -0.306. The topological polar surface area (TPSA) is 71.8 Å². The fourth-order valence-corrected chi connectivity index (χ4v) is 1.36. The van der Waals surface area contributed by atoms with E-state index in [0.717, 1.165) is 11.3 Å². The molecule has 0 aliphatic heterocycles. The summed E-state index contributed by atoms with van der Waals surface area (Å²) in [6.07, 6.45) is 2.11. The van der Waals surface area contributed by atoms with Crippen LogP contribution in [0.1, 0.15) is 32.0 Å². The van der Waals surface area contributed by atoms with Crippen LogP contribution in [0.25, 0.3) is 0 Å². The van der Waals surface area contributed by atoms with E-state index in [0.29, 0.717) is 6.42 Å². The molecule has 0 aromatic carbocycles. The van der Waals surface area contributed by atoms with E-state index in [1.165, 1.54) is 0 Å². The van der Waals surface area contributed by atoms with Gasteiger partial charge in [-0.2, -0.15) is 5.10 Å². The van der Waals surface area contributed by atoms with Crippen LogP contribution >= 0.6 is 0 Å². The molecule has 78 valence electrons. The second-order valence-corrected chi connectivity index (χ2v) is 4.33. The summed E-state index contributed by atoms with van der Waals surface area (Å²) in [6, 6.07) is 0. The van der Waals surface area contributed by atoms with Crippen molar-refractivity contribution in [3.8, 4) is 0 Å². The summed E-state index contributed by atoms with van der Waals surface area (Å²) < 4.78 is 0. The Morgan fingerprint density at radius 1 is 1.57 bits per heavy atom. The molecule has 1 aromatic heterocycles. The van der Waals surface area contributed by atoms with Crippen LogP contribution in [-0.4, -0.2) is 21.7 Å². The number of aromatic nitrogens is 2. The number of rotatable bonds is 3. The summed E-state index contributed by atoms with van der Waals surface area (Å²) in [7, 11) is 0. The van der Waals surface area contributed by atoms with Crippen molar-refractivity contribution in [2.75, 3.05) is 6.54 Å². The SMILES string of the molecule is CC(C)(C)c1[nH]ncc1CC[N+](=O)[O-]. The first-order valence-corrected chi connectivity index (χ1v) is 4.56. The smallest absolute Gasteiger partial charge is 0.208 e. The number of nitrogens with zero attached hydrogens (tertiary/aromatic N) is 2. The Morgan fingerprint density at radius 3 is 2.71 bits per heavy atom. The number of hydrogen-bond donors (Lipinski definition) is 1. The lowest BCUT2D eigenvalue weighted by Gasteiger charge is -2.17. The summed E-state index contributed by atoms with van der Waals surface area (Å²) in [5.41, 5.74) is 1.89. The van der Waals surface area contributed by atoms with Crippen LogP contribution in [0.5, 0.6) is 0 Å². The highest BCUT2D eigenvalue weighted by Gasteiger charge is 2.20. The first-order chi connectivity index (χ1) is 6.41. The molecule has 0 saturated heterocycles. The lowest BCUT2D eigenvalue weighted by atomic mass is 9.89. The molecule has 0 amide bonds. The monoisotopic (exact) mass is 197 g/mol. The zero-order valence-corrected chi connectivity index (χ0v) is 8.70. The van der Waals surface area contributed by atoms with Gasteiger partial charge in [0.1, 0.15) is 0 Å². The van der Waals surface area contributed by atoms with Gasteiger partial charge in [-0.3, -0.25) is 15.2 Å². The Labute approximate surface area is 82.7 Å². The fourth-order valence-electron chi connectivity index (χ4n) is 1.36. The average molecular weight is 197 g/mol. The van der Waals surface area contributed by atoms with Crippen LogP contribution in [0.3, 0.4) is 0 Å². The van der Waals surface area contributed by atoms with Crippen molar-refractivity contribution in [2.24, 2.45) is 0 Å². The van der Waals surface area contributed by atoms with E-state index >= 15 is 0 Å². The molecule has 0 spiro atoms. The van der Waals surface area contributed by atoms with Crippen molar-refractivity contribution in [1.82, 2.24) is 10.2 Å². The zero-order chi connectivity index (χ0) is 10.8. The molecular weight excluding hydrogens is 182 g/mol. The summed E-state index contributed by atoms with van der Waals surface area (Å²) in [5, 5.41) is 17.0. The van der Waals surface area contributed by atoms with Gasteiger partial charge in [0.25, 0.3) is 0 Å². The third kappa shape index (κ3) is 2.55. The van der Waals surface area contributed by atoms with Gasteiger partial charge in [-0.15, -0.1) is 0 Å². The van der Waals surface area contributed by atoms with Gasteiger partial charge in [-0.25, -0.2) is 0 Å². The normalized spacial score (nSPS) is 11.6. The molecule has 1 aromatic rings. The number of aromatic amines is 1. The van der Waals surface area contributed by atoms with E-state index in [4.69, 9.17) is 0 Å². The third-order valence-electron chi connectivity index (χ3n) is 2.03. The maximum atomic E-state index is 10.2. The quantitative estimate of drug-likeness (QED) is 0.590. The van der Waals surface area contributed by atoms with Crippen molar-refractivity contribution < 1.29 is 4.92 Å². The molecule has 14 heavy (non-hydrogen) atoms. The fraction of sp³-hybridized carbons (Fsp3) is 0.667. The standard InChI is InChI=1S/C9H15N3O2/c1-9(2,3)8-7(6-10-11-8)4-5-12(13)14/h6H,4-5H2,1-3H3,(H,10,11). The summed E-state index contributed by atoms with van der Waals surface area (Å²) in [4.78, 5) is 9.92. The van der Waals surface area contributed by atoms with Crippen molar-refractivity contribution in [1.29, 1.82) is 0 Å². The van der Waals surface area contributed by atoms with Crippen molar-refractivity contribution in [3.63, 3.8) is 0 Å². The summed E-state index contributed by atoms with van der Waals surface area (Å²) >= 11 is 0. The highest BCUT2D eigenvalue weighted by molar-refractivity contribution is 5.23. The van der Waals surface area contributed by atoms with E-state index < -0.39 is 0 Å². The Morgan fingerprint density at radius 2 is 2.21 bits per heavy atom. The predicted octanol–water partition coefficient (Wildman–Crippen LogP) is 1.53. The van der Waals surface area contributed by atoms with Crippen LogP contribution in [0, 0.1) is 10.1 Å². The second kappa shape index (κ2) is 3.77. The van der Waals surface area contributed by atoms with Crippen molar-refractivity contribution >= 4 is 0 Å². The van der Waals surface area contributed by atoms with Gasteiger partial charge in [0, 0.05) is 28.0 Å². The molecule has 0 atom stereocenters.